The molecule has 2 aromatic rings. The van der Waals surface area contributed by atoms with Gasteiger partial charge in [-0.2, -0.15) is 0 Å². The van der Waals surface area contributed by atoms with E-state index in [-0.39, 0.29) is 16.7 Å². The first-order chi connectivity index (χ1) is 13.1. The third-order valence-corrected chi connectivity index (χ3v) is 5.28. The van der Waals surface area contributed by atoms with Crippen molar-refractivity contribution in [2.75, 3.05) is 5.32 Å². The summed E-state index contributed by atoms with van der Waals surface area (Å²) in [4.78, 5) is 0. The zero-order valence-corrected chi connectivity index (χ0v) is 18.1. The molecule has 0 radical (unpaired) electrons. The standard InChI is InChI=1S/C27H33N/c1-26(2,3)21-13-16-23(17-14-21)28-25-18-15-22(27(4,5)6)19-24(25)20-11-9-7-8-10-12-20/h7-20,28H,1-6H3. The van der Waals surface area contributed by atoms with Gasteiger partial charge in [0, 0.05) is 17.3 Å². The fourth-order valence-electron chi connectivity index (χ4n) is 3.40. The molecule has 1 aliphatic rings. The number of hydrogen-bond acceptors (Lipinski definition) is 1. The monoisotopic (exact) mass is 371 g/mol. The summed E-state index contributed by atoms with van der Waals surface area (Å²) in [5.41, 5.74) is 6.59. The van der Waals surface area contributed by atoms with Gasteiger partial charge in [-0.1, -0.05) is 102 Å². The number of anilines is 2. The molecule has 0 bridgehead atoms. The van der Waals surface area contributed by atoms with Crippen LogP contribution in [0.4, 0.5) is 11.4 Å². The van der Waals surface area contributed by atoms with Crippen LogP contribution in [0.15, 0.2) is 78.9 Å². The van der Waals surface area contributed by atoms with Crippen LogP contribution in [-0.4, -0.2) is 0 Å². The Hall–Kier alpha value is -2.54. The molecule has 0 amide bonds. The summed E-state index contributed by atoms with van der Waals surface area (Å²) in [6, 6.07) is 15.6. The highest BCUT2D eigenvalue weighted by Gasteiger charge is 2.19. The molecule has 1 aliphatic carbocycles. The van der Waals surface area contributed by atoms with E-state index in [0.717, 1.165) is 11.4 Å². The molecule has 1 heteroatoms. The maximum atomic E-state index is 3.66. The van der Waals surface area contributed by atoms with E-state index in [1.807, 2.05) is 0 Å². The zero-order chi connectivity index (χ0) is 20.4. The molecule has 0 saturated heterocycles. The van der Waals surface area contributed by atoms with Gasteiger partial charge in [-0.05, 0) is 45.7 Å². The molecule has 0 heterocycles. The summed E-state index contributed by atoms with van der Waals surface area (Å²) in [6.45, 7) is 13.5. The highest BCUT2D eigenvalue weighted by Crippen LogP contribution is 2.35. The Bertz CT molecular complexity index is 881. The quantitative estimate of drug-likeness (QED) is 0.580. The molecule has 0 unspecified atom stereocenters. The van der Waals surface area contributed by atoms with Gasteiger partial charge in [0.15, 0.2) is 0 Å². The summed E-state index contributed by atoms with van der Waals surface area (Å²) >= 11 is 0. The lowest BCUT2D eigenvalue weighted by molar-refractivity contribution is 0.589. The van der Waals surface area contributed by atoms with E-state index in [1.165, 1.54) is 16.7 Å². The SMILES string of the molecule is CC(C)(C)c1ccc(Nc2ccc(C(C)(C)C)cc2C2C=CC=CC=C2)cc1. The molecule has 146 valence electrons. The van der Waals surface area contributed by atoms with Gasteiger partial charge in [0.05, 0.1) is 0 Å². The topological polar surface area (TPSA) is 12.0 Å². The predicted octanol–water partition coefficient (Wildman–Crippen LogP) is 7.79. The zero-order valence-electron chi connectivity index (χ0n) is 18.1. The Morgan fingerprint density at radius 1 is 0.643 bits per heavy atom. The van der Waals surface area contributed by atoms with E-state index in [0.29, 0.717) is 0 Å². The lowest BCUT2D eigenvalue weighted by Crippen LogP contribution is -2.13. The van der Waals surface area contributed by atoms with Crippen molar-refractivity contribution in [2.24, 2.45) is 0 Å². The summed E-state index contributed by atoms with van der Waals surface area (Å²) in [5.74, 6) is 0.258. The minimum atomic E-state index is 0.123. The second-order valence-electron chi connectivity index (χ2n) is 9.68. The molecule has 1 nitrogen and oxygen atoms in total. The Labute approximate surface area is 170 Å². The number of allylic oxidation sites excluding steroid dienone is 6. The molecule has 1 N–H and O–H groups in total. The van der Waals surface area contributed by atoms with E-state index in [9.17, 15) is 0 Å². The molecule has 0 aliphatic heterocycles. The molecule has 2 aromatic carbocycles. The predicted molar refractivity (Wildman–Crippen MR) is 124 cm³/mol. The van der Waals surface area contributed by atoms with Gasteiger partial charge in [0.1, 0.15) is 0 Å². The third kappa shape index (κ3) is 4.84. The second kappa shape index (κ2) is 7.83. The first-order valence-corrected chi connectivity index (χ1v) is 10.2. The van der Waals surface area contributed by atoms with Crippen LogP contribution in [0.25, 0.3) is 0 Å². The minimum absolute atomic E-state index is 0.123. The molecule has 0 saturated carbocycles. The van der Waals surface area contributed by atoms with Crippen LogP contribution in [-0.2, 0) is 10.8 Å². The first-order valence-electron chi connectivity index (χ1n) is 10.2. The highest BCUT2D eigenvalue weighted by atomic mass is 14.9. The molecule has 0 spiro atoms. The van der Waals surface area contributed by atoms with E-state index < -0.39 is 0 Å². The van der Waals surface area contributed by atoms with Crippen molar-refractivity contribution in [3.63, 3.8) is 0 Å². The van der Waals surface area contributed by atoms with Crippen LogP contribution in [0, 0.1) is 0 Å². The van der Waals surface area contributed by atoms with Crippen LogP contribution < -0.4 is 5.32 Å². The van der Waals surface area contributed by atoms with Crippen molar-refractivity contribution < 1.29 is 0 Å². The highest BCUT2D eigenvalue weighted by molar-refractivity contribution is 5.66. The van der Waals surface area contributed by atoms with Crippen molar-refractivity contribution in [1.82, 2.24) is 0 Å². The van der Waals surface area contributed by atoms with E-state index in [4.69, 9.17) is 0 Å². The van der Waals surface area contributed by atoms with Crippen LogP contribution >= 0.6 is 0 Å². The minimum Gasteiger partial charge on any atom is -0.355 e. The van der Waals surface area contributed by atoms with Crippen molar-refractivity contribution in [3.8, 4) is 0 Å². The lowest BCUT2D eigenvalue weighted by Gasteiger charge is -2.24. The van der Waals surface area contributed by atoms with Gasteiger partial charge in [0.2, 0.25) is 0 Å². The van der Waals surface area contributed by atoms with Gasteiger partial charge in [-0.3, -0.25) is 0 Å². The van der Waals surface area contributed by atoms with Crippen LogP contribution in [0.1, 0.15) is 64.2 Å². The smallest absolute Gasteiger partial charge is 0.0426 e. The van der Waals surface area contributed by atoms with Crippen LogP contribution in [0.2, 0.25) is 0 Å². The van der Waals surface area contributed by atoms with Crippen molar-refractivity contribution in [2.45, 2.75) is 58.3 Å². The first kappa shape index (κ1) is 20.2. The summed E-state index contributed by atoms with van der Waals surface area (Å²) in [5, 5.41) is 3.66. The molecule has 0 aromatic heterocycles. The van der Waals surface area contributed by atoms with E-state index in [2.05, 4.69) is 126 Å². The maximum absolute atomic E-state index is 3.66. The van der Waals surface area contributed by atoms with Crippen molar-refractivity contribution in [1.29, 1.82) is 0 Å². The van der Waals surface area contributed by atoms with E-state index in [1.54, 1.807) is 0 Å². The van der Waals surface area contributed by atoms with Gasteiger partial charge in [-0.25, -0.2) is 0 Å². The van der Waals surface area contributed by atoms with Crippen molar-refractivity contribution >= 4 is 11.4 Å². The fraction of sp³-hybridized carbons (Fsp3) is 0.333. The summed E-state index contributed by atoms with van der Waals surface area (Å²) in [7, 11) is 0. The number of nitrogens with one attached hydrogen (secondary N) is 1. The van der Waals surface area contributed by atoms with Gasteiger partial charge < -0.3 is 5.32 Å². The van der Waals surface area contributed by atoms with Crippen LogP contribution in [0.3, 0.4) is 0 Å². The van der Waals surface area contributed by atoms with Gasteiger partial charge in [-0.15, -0.1) is 0 Å². The molecule has 0 fully saturated rings. The molecular formula is C27H33N. The molecule has 3 rings (SSSR count). The molecule has 0 atom stereocenters. The Kier molecular flexibility index (Phi) is 5.65. The lowest BCUT2D eigenvalue weighted by atomic mass is 9.83. The van der Waals surface area contributed by atoms with Gasteiger partial charge in [0.25, 0.3) is 0 Å². The van der Waals surface area contributed by atoms with Crippen LogP contribution in [0.5, 0.6) is 0 Å². The third-order valence-electron chi connectivity index (χ3n) is 5.28. The Balaban J connectivity index is 1.98. The number of benzene rings is 2. The Morgan fingerprint density at radius 3 is 1.71 bits per heavy atom. The molecular weight excluding hydrogens is 338 g/mol. The normalized spacial score (nSPS) is 14.9. The van der Waals surface area contributed by atoms with Gasteiger partial charge >= 0.3 is 0 Å². The average molecular weight is 372 g/mol. The van der Waals surface area contributed by atoms with Crippen molar-refractivity contribution in [3.05, 3.63) is 95.6 Å². The second-order valence-corrected chi connectivity index (χ2v) is 9.68. The number of rotatable bonds is 3. The maximum Gasteiger partial charge on any atom is 0.0426 e. The largest absolute Gasteiger partial charge is 0.355 e. The van der Waals surface area contributed by atoms with E-state index >= 15 is 0 Å². The molecule has 28 heavy (non-hydrogen) atoms. The summed E-state index contributed by atoms with van der Waals surface area (Å²) < 4.78 is 0. The number of hydrogen-bond donors (Lipinski definition) is 1. The summed E-state index contributed by atoms with van der Waals surface area (Å²) in [6.07, 6.45) is 13.0. The Morgan fingerprint density at radius 2 is 1.18 bits per heavy atom. The average Bonchev–Trinajstić information content (AvgIpc) is 2.90. The fourth-order valence-corrected chi connectivity index (χ4v) is 3.40.